The van der Waals surface area contributed by atoms with Crippen molar-refractivity contribution in [1.29, 1.82) is 0 Å². The Morgan fingerprint density at radius 1 is 0.917 bits per heavy atom. The molecule has 1 aromatic heterocycles. The van der Waals surface area contributed by atoms with Crippen LogP contribution < -0.4 is 4.72 Å². The van der Waals surface area contributed by atoms with E-state index in [-0.39, 0.29) is 10.7 Å². The highest BCUT2D eigenvalue weighted by Gasteiger charge is 2.30. The smallest absolute Gasteiger partial charge is 0.324 e. The highest BCUT2D eigenvalue weighted by atomic mass is 32.2. The van der Waals surface area contributed by atoms with Gasteiger partial charge in [0, 0.05) is 10.9 Å². The Morgan fingerprint density at radius 3 is 2.22 bits per heavy atom. The number of aromatic nitrogens is 1. The number of aromatic amines is 1. The van der Waals surface area contributed by atoms with Crippen molar-refractivity contribution >= 4 is 32.7 Å². The lowest BCUT2D eigenvalue weighted by atomic mass is 10.0. The van der Waals surface area contributed by atoms with Crippen molar-refractivity contribution in [3.05, 3.63) is 90.0 Å². The van der Waals surface area contributed by atoms with Crippen LogP contribution in [0.3, 0.4) is 0 Å². The summed E-state index contributed by atoms with van der Waals surface area (Å²) in [6.45, 7) is 4.75. The van der Waals surface area contributed by atoms with E-state index in [2.05, 4.69) is 9.71 Å². The summed E-state index contributed by atoms with van der Waals surface area (Å²) in [6.07, 6.45) is 0. The molecule has 0 bridgehead atoms. The lowest BCUT2D eigenvalue weighted by Crippen LogP contribution is -2.45. The number of hydrogen-bond donors (Lipinski definition) is 2. The first-order valence-corrected chi connectivity index (χ1v) is 13.1. The first-order chi connectivity index (χ1) is 17.2. The average molecular weight is 505 g/mol. The second-order valence-electron chi connectivity index (χ2n) is 8.97. The molecule has 0 aliphatic rings. The van der Waals surface area contributed by atoms with Crippen LogP contribution >= 0.6 is 0 Å². The number of carbonyl (C=O) groups is 2. The molecule has 2 N–H and O–H groups in total. The van der Waals surface area contributed by atoms with Gasteiger partial charge in [0.2, 0.25) is 15.8 Å². The van der Waals surface area contributed by atoms with E-state index in [1.807, 2.05) is 61.5 Å². The lowest BCUT2D eigenvalue weighted by Gasteiger charge is -2.20. The van der Waals surface area contributed by atoms with Gasteiger partial charge in [-0.05, 0) is 36.6 Å². The number of benzene rings is 3. The van der Waals surface area contributed by atoms with E-state index in [1.54, 1.807) is 26.0 Å². The van der Waals surface area contributed by atoms with Crippen LogP contribution in [0.4, 0.5) is 0 Å². The molecule has 0 spiro atoms. The van der Waals surface area contributed by atoms with Gasteiger partial charge in [-0.2, -0.15) is 4.72 Å². The van der Waals surface area contributed by atoms with Crippen LogP contribution in [0.25, 0.3) is 22.2 Å². The number of ketones is 1. The number of H-pyrrole nitrogens is 1. The third-order valence-electron chi connectivity index (χ3n) is 5.93. The topological polar surface area (TPSA) is 105 Å². The molecule has 36 heavy (non-hydrogen) atoms. The number of ether oxygens (including phenoxy) is 1. The normalized spacial score (nSPS) is 12.6. The molecule has 0 saturated carbocycles. The van der Waals surface area contributed by atoms with Gasteiger partial charge < -0.3 is 9.72 Å². The number of esters is 1. The molecule has 0 amide bonds. The van der Waals surface area contributed by atoms with Gasteiger partial charge in [-0.15, -0.1) is 0 Å². The molecular formula is C28H28N2O5S. The summed E-state index contributed by atoms with van der Waals surface area (Å²) < 4.78 is 33.5. The van der Waals surface area contributed by atoms with Gasteiger partial charge in [0.25, 0.3) is 0 Å². The molecule has 4 aromatic rings. The number of sulfonamides is 1. The van der Waals surface area contributed by atoms with Gasteiger partial charge in [0.15, 0.2) is 6.61 Å². The first kappa shape index (κ1) is 25.3. The van der Waals surface area contributed by atoms with Crippen molar-refractivity contribution in [2.75, 3.05) is 6.61 Å². The van der Waals surface area contributed by atoms with E-state index in [0.717, 1.165) is 22.0 Å². The summed E-state index contributed by atoms with van der Waals surface area (Å²) in [6, 6.07) is 22.0. The first-order valence-electron chi connectivity index (χ1n) is 11.6. The van der Waals surface area contributed by atoms with E-state index in [4.69, 9.17) is 4.74 Å². The minimum atomic E-state index is -3.96. The number of nitrogens with one attached hydrogen (secondary N) is 2. The Hall–Kier alpha value is -3.75. The molecular weight excluding hydrogens is 476 g/mol. The number of para-hydroxylation sites is 1. The van der Waals surface area contributed by atoms with Crippen molar-refractivity contribution in [2.45, 2.75) is 31.7 Å². The Bertz CT molecular complexity index is 1490. The van der Waals surface area contributed by atoms with Crippen molar-refractivity contribution in [3.63, 3.8) is 0 Å². The quantitative estimate of drug-likeness (QED) is 0.250. The van der Waals surface area contributed by atoms with E-state index in [0.29, 0.717) is 11.3 Å². The van der Waals surface area contributed by atoms with Crippen LogP contribution in [0, 0.1) is 12.8 Å². The molecule has 0 unspecified atom stereocenters. The number of rotatable bonds is 9. The fourth-order valence-corrected chi connectivity index (χ4v) is 5.29. The summed E-state index contributed by atoms with van der Waals surface area (Å²) in [5.41, 5.74) is 3.59. The molecule has 4 rings (SSSR count). The monoisotopic (exact) mass is 504 g/mol. The molecule has 7 nitrogen and oxygen atoms in total. The second kappa shape index (κ2) is 10.5. The summed E-state index contributed by atoms with van der Waals surface area (Å²) in [5, 5.41) is 0.720. The number of hydrogen-bond acceptors (Lipinski definition) is 5. The molecule has 1 atom stereocenters. The predicted octanol–water partition coefficient (Wildman–Crippen LogP) is 4.87. The minimum absolute atomic E-state index is 0.0499. The molecule has 3 aromatic carbocycles. The van der Waals surface area contributed by atoms with Crippen molar-refractivity contribution in [3.8, 4) is 11.3 Å². The Labute approximate surface area is 210 Å². The second-order valence-corrected chi connectivity index (χ2v) is 10.7. The van der Waals surface area contributed by atoms with Gasteiger partial charge in [-0.25, -0.2) is 8.42 Å². The van der Waals surface area contributed by atoms with Gasteiger partial charge in [0.1, 0.15) is 6.04 Å². The molecule has 0 fully saturated rings. The summed E-state index contributed by atoms with van der Waals surface area (Å²) in [7, 11) is -3.96. The molecule has 186 valence electrons. The maximum atomic E-state index is 13.3. The van der Waals surface area contributed by atoms with Crippen molar-refractivity contribution < 1.29 is 22.7 Å². The predicted molar refractivity (Wildman–Crippen MR) is 139 cm³/mol. The SMILES string of the molecule is Cc1ccc(S(=O)(=O)N[C@@H](C(=O)OCC(=O)c2c(-c3ccccc3)[nH]c3ccccc23)C(C)C)cc1. The minimum Gasteiger partial charge on any atom is -0.456 e. The fraction of sp³-hybridized carbons (Fsp3) is 0.214. The number of carbonyl (C=O) groups excluding carboxylic acids is 2. The average Bonchev–Trinajstić information content (AvgIpc) is 3.26. The van der Waals surface area contributed by atoms with Gasteiger partial charge in [-0.1, -0.05) is 80.1 Å². The van der Waals surface area contributed by atoms with E-state index in [9.17, 15) is 18.0 Å². The van der Waals surface area contributed by atoms with E-state index < -0.39 is 34.6 Å². The van der Waals surface area contributed by atoms with E-state index >= 15 is 0 Å². The maximum Gasteiger partial charge on any atom is 0.324 e. The summed E-state index contributed by atoms with van der Waals surface area (Å²) in [5.74, 6) is -1.60. The molecule has 0 aliphatic carbocycles. The molecule has 0 radical (unpaired) electrons. The van der Waals surface area contributed by atoms with Crippen LogP contribution in [0.2, 0.25) is 0 Å². The summed E-state index contributed by atoms with van der Waals surface area (Å²) in [4.78, 5) is 29.6. The Kier molecular flexibility index (Phi) is 7.37. The third-order valence-corrected chi connectivity index (χ3v) is 7.38. The van der Waals surface area contributed by atoms with Crippen LogP contribution in [0.15, 0.2) is 83.8 Å². The Balaban J connectivity index is 1.55. The fourth-order valence-electron chi connectivity index (χ4n) is 3.96. The van der Waals surface area contributed by atoms with E-state index in [1.165, 1.54) is 12.1 Å². The van der Waals surface area contributed by atoms with Crippen molar-refractivity contribution in [1.82, 2.24) is 9.71 Å². The number of fused-ring (bicyclic) bond motifs is 1. The largest absolute Gasteiger partial charge is 0.456 e. The zero-order chi connectivity index (χ0) is 25.9. The highest BCUT2D eigenvalue weighted by Crippen LogP contribution is 2.30. The standard InChI is InChI=1S/C28H28N2O5S/c1-18(2)26(30-36(33,34)21-15-13-19(3)14-16-21)28(32)35-17-24(31)25-22-11-7-8-12-23(22)29-27(25)20-9-5-4-6-10-20/h4-16,18,26,29-30H,17H2,1-3H3/t26-/m1/s1. The molecule has 1 heterocycles. The zero-order valence-electron chi connectivity index (χ0n) is 20.3. The molecule has 0 aliphatic heterocycles. The molecule has 8 heteroatoms. The van der Waals surface area contributed by atoms with Crippen LogP contribution in [0.1, 0.15) is 29.8 Å². The van der Waals surface area contributed by atoms with Crippen LogP contribution in [-0.4, -0.2) is 37.8 Å². The van der Waals surface area contributed by atoms with Crippen molar-refractivity contribution in [2.24, 2.45) is 5.92 Å². The van der Waals surface area contributed by atoms with Gasteiger partial charge in [-0.3, -0.25) is 9.59 Å². The number of aryl methyl sites for hydroxylation is 1. The number of Topliss-reactive ketones (excluding diaryl/α,β-unsaturated/α-hetero) is 1. The van der Waals surface area contributed by atoms with Crippen LogP contribution in [-0.2, 0) is 19.6 Å². The Morgan fingerprint density at radius 2 is 1.56 bits per heavy atom. The van der Waals surface area contributed by atoms with Gasteiger partial charge in [0.05, 0.1) is 16.2 Å². The molecule has 0 saturated heterocycles. The zero-order valence-corrected chi connectivity index (χ0v) is 21.1. The highest BCUT2D eigenvalue weighted by molar-refractivity contribution is 7.89. The third kappa shape index (κ3) is 5.40. The van der Waals surface area contributed by atoms with Gasteiger partial charge >= 0.3 is 5.97 Å². The summed E-state index contributed by atoms with van der Waals surface area (Å²) >= 11 is 0. The van der Waals surface area contributed by atoms with Crippen LogP contribution in [0.5, 0.6) is 0 Å². The lowest BCUT2D eigenvalue weighted by molar-refractivity contribution is -0.145. The maximum absolute atomic E-state index is 13.3.